The van der Waals surface area contributed by atoms with E-state index in [-0.39, 0.29) is 12.7 Å². The van der Waals surface area contributed by atoms with Crippen LogP contribution in [-0.4, -0.2) is 22.5 Å². The van der Waals surface area contributed by atoms with E-state index in [1.54, 1.807) is 0 Å². The lowest BCUT2D eigenvalue weighted by Gasteiger charge is -2.01. The van der Waals surface area contributed by atoms with Gasteiger partial charge in [0.15, 0.2) is 6.49 Å². The Morgan fingerprint density at radius 3 is 2.00 bits per heavy atom. The van der Waals surface area contributed by atoms with E-state index in [1.807, 2.05) is 0 Å². The van der Waals surface area contributed by atoms with Gasteiger partial charge in [-0.1, -0.05) is 0 Å². The van der Waals surface area contributed by atoms with Gasteiger partial charge in [-0.05, 0) is 11.8 Å². The molecule has 5 heteroatoms. The molecule has 0 aromatic heterocycles. The molecule has 44 valence electrons. The first-order chi connectivity index (χ1) is 3.06. The molecule has 0 saturated carbocycles. The van der Waals surface area contributed by atoms with E-state index in [9.17, 15) is 0 Å². The van der Waals surface area contributed by atoms with Crippen molar-refractivity contribution in [3.05, 3.63) is 0 Å². The molecular formula is C2H8NO2PS. The number of rotatable bonds is 2. The van der Waals surface area contributed by atoms with E-state index >= 15 is 0 Å². The van der Waals surface area contributed by atoms with Crippen molar-refractivity contribution in [2.45, 2.75) is 0 Å². The molecule has 4 N–H and O–H groups in total. The summed E-state index contributed by atoms with van der Waals surface area (Å²) >= 11 is 4.23. The molecule has 0 aliphatic heterocycles. The normalized spacial score (nSPS) is 11.9. The lowest BCUT2D eigenvalue weighted by molar-refractivity contribution is 0.479. The summed E-state index contributed by atoms with van der Waals surface area (Å²) in [6.07, 6.45) is 0.155. The fourth-order valence-electron chi connectivity index (χ4n) is 0.168. The first-order valence-corrected chi connectivity index (χ1v) is 4.70. The zero-order valence-electron chi connectivity index (χ0n) is 3.74. The summed E-state index contributed by atoms with van der Waals surface area (Å²) in [4.78, 5) is 16.8. The summed E-state index contributed by atoms with van der Waals surface area (Å²) in [6.45, 7) is -2.70. The van der Waals surface area contributed by atoms with Crippen molar-refractivity contribution in [1.82, 2.24) is 0 Å². The van der Waals surface area contributed by atoms with Crippen molar-refractivity contribution in [3.63, 3.8) is 0 Å². The van der Waals surface area contributed by atoms with Crippen LogP contribution in [0.4, 0.5) is 0 Å². The second-order valence-electron chi connectivity index (χ2n) is 1.18. The molecule has 0 unspecified atom stereocenters. The van der Waals surface area contributed by atoms with Gasteiger partial charge in [-0.25, -0.2) is 0 Å². The van der Waals surface area contributed by atoms with Gasteiger partial charge >= 0.3 is 0 Å². The molecule has 0 amide bonds. The van der Waals surface area contributed by atoms with Crippen LogP contribution in [0.2, 0.25) is 0 Å². The quantitative estimate of drug-likeness (QED) is 0.442. The lowest BCUT2D eigenvalue weighted by Crippen LogP contribution is -2.04. The van der Waals surface area contributed by atoms with Gasteiger partial charge in [-0.2, -0.15) is 0 Å². The molecule has 0 spiro atoms. The Kier molecular flexibility index (Phi) is 2.95. The Hall–Kier alpha value is 0.530. The molecule has 0 atom stereocenters. The average Bonchev–Trinajstić information content (AvgIpc) is 1.30. The van der Waals surface area contributed by atoms with Gasteiger partial charge in [0, 0.05) is 12.7 Å². The Balaban J connectivity index is 3.36. The molecule has 7 heavy (non-hydrogen) atoms. The van der Waals surface area contributed by atoms with Crippen molar-refractivity contribution >= 4 is 18.3 Å². The van der Waals surface area contributed by atoms with Gasteiger partial charge in [-0.15, -0.1) is 0 Å². The van der Waals surface area contributed by atoms with E-state index in [4.69, 9.17) is 15.5 Å². The molecule has 0 fully saturated rings. The zero-order chi connectivity index (χ0) is 5.91. The Morgan fingerprint density at radius 1 is 1.57 bits per heavy atom. The minimum absolute atomic E-state index is 0.155. The summed E-state index contributed by atoms with van der Waals surface area (Å²) in [5.41, 5.74) is 4.96. The molecule has 0 bridgehead atoms. The smallest absolute Gasteiger partial charge is 0.184 e. The van der Waals surface area contributed by atoms with E-state index < -0.39 is 6.49 Å². The fourth-order valence-corrected chi connectivity index (χ4v) is 0.821. The van der Waals surface area contributed by atoms with E-state index in [2.05, 4.69) is 11.8 Å². The molecule has 0 radical (unpaired) electrons. The first-order valence-electron chi connectivity index (χ1n) is 1.81. The minimum Gasteiger partial charge on any atom is -0.345 e. The second-order valence-corrected chi connectivity index (χ2v) is 4.71. The molecule has 3 nitrogen and oxygen atoms in total. The highest BCUT2D eigenvalue weighted by Crippen LogP contribution is 2.32. The van der Waals surface area contributed by atoms with Gasteiger partial charge in [0.25, 0.3) is 0 Å². The molecule has 0 aromatic rings. The maximum Gasteiger partial charge on any atom is 0.184 e. The van der Waals surface area contributed by atoms with Gasteiger partial charge in [0.05, 0.1) is 0 Å². The molecule has 0 aliphatic rings. The lowest BCUT2D eigenvalue weighted by atomic mass is 10.8. The summed E-state index contributed by atoms with van der Waals surface area (Å²) in [7, 11) is 0. The molecule has 0 heterocycles. The highest BCUT2D eigenvalue weighted by molar-refractivity contribution is 8.09. The van der Waals surface area contributed by atoms with Crippen LogP contribution in [0.15, 0.2) is 0 Å². The Morgan fingerprint density at radius 2 is 2.00 bits per heavy atom. The van der Waals surface area contributed by atoms with Crippen molar-refractivity contribution in [1.29, 1.82) is 0 Å². The SMILES string of the molecule is NCCP(O)(O)=S. The van der Waals surface area contributed by atoms with Crippen LogP contribution >= 0.6 is 6.49 Å². The Labute approximate surface area is 47.3 Å². The molecule has 0 aliphatic carbocycles. The van der Waals surface area contributed by atoms with Gasteiger partial charge in [-0.3, -0.25) is 0 Å². The summed E-state index contributed by atoms with van der Waals surface area (Å²) in [5, 5.41) is 0. The molecule has 0 saturated heterocycles. The first kappa shape index (κ1) is 7.53. The average molecular weight is 141 g/mol. The van der Waals surface area contributed by atoms with Crippen LogP contribution in [-0.2, 0) is 11.8 Å². The largest absolute Gasteiger partial charge is 0.345 e. The number of hydrogen-bond acceptors (Lipinski definition) is 2. The fraction of sp³-hybridized carbons (Fsp3) is 1.00. The topological polar surface area (TPSA) is 66.5 Å². The van der Waals surface area contributed by atoms with Crippen molar-refractivity contribution in [3.8, 4) is 0 Å². The van der Waals surface area contributed by atoms with Crippen LogP contribution < -0.4 is 5.73 Å². The van der Waals surface area contributed by atoms with Gasteiger partial charge in [0.1, 0.15) is 0 Å². The summed E-state index contributed by atoms with van der Waals surface area (Å²) in [5.74, 6) is 0. The van der Waals surface area contributed by atoms with Crippen LogP contribution in [0.3, 0.4) is 0 Å². The highest BCUT2D eigenvalue weighted by atomic mass is 32.5. The van der Waals surface area contributed by atoms with Crippen LogP contribution in [0, 0.1) is 0 Å². The number of nitrogens with two attached hydrogens (primary N) is 1. The minimum atomic E-state index is -2.96. The second kappa shape index (κ2) is 2.74. The third-order valence-corrected chi connectivity index (χ3v) is 1.81. The van der Waals surface area contributed by atoms with Crippen molar-refractivity contribution in [2.24, 2.45) is 5.73 Å². The van der Waals surface area contributed by atoms with Gasteiger partial charge < -0.3 is 15.5 Å². The van der Waals surface area contributed by atoms with Crippen LogP contribution in [0.5, 0.6) is 0 Å². The van der Waals surface area contributed by atoms with E-state index in [0.717, 1.165) is 0 Å². The van der Waals surface area contributed by atoms with Crippen LogP contribution in [0.1, 0.15) is 0 Å². The Bertz CT molecular complexity index is 89.7. The van der Waals surface area contributed by atoms with E-state index in [0.29, 0.717) is 0 Å². The van der Waals surface area contributed by atoms with Crippen LogP contribution in [0.25, 0.3) is 0 Å². The molecule has 0 aromatic carbocycles. The molecular weight excluding hydrogens is 133 g/mol. The highest BCUT2D eigenvalue weighted by Gasteiger charge is 2.02. The maximum absolute atomic E-state index is 8.42. The number of hydrogen-bond donors (Lipinski definition) is 3. The monoisotopic (exact) mass is 141 g/mol. The third kappa shape index (κ3) is 6.53. The standard InChI is InChI=1S/C2H8NO2PS/c3-1-2-6(4,5)7/h1-3H2,(H2,4,5,7). The summed E-state index contributed by atoms with van der Waals surface area (Å²) in [6, 6.07) is 0. The predicted octanol–water partition coefficient (Wildman–Crippen LogP) is -0.761. The summed E-state index contributed by atoms with van der Waals surface area (Å²) < 4.78 is 0. The maximum atomic E-state index is 8.42. The third-order valence-electron chi connectivity index (χ3n) is 0.420. The van der Waals surface area contributed by atoms with Crippen molar-refractivity contribution < 1.29 is 9.79 Å². The zero-order valence-corrected chi connectivity index (χ0v) is 5.45. The van der Waals surface area contributed by atoms with Gasteiger partial charge in [0.2, 0.25) is 0 Å². The van der Waals surface area contributed by atoms with Crippen molar-refractivity contribution in [2.75, 3.05) is 12.7 Å². The van der Waals surface area contributed by atoms with E-state index in [1.165, 1.54) is 0 Å². The molecule has 0 rings (SSSR count). The predicted molar refractivity (Wildman–Crippen MR) is 32.6 cm³/mol.